The molecule has 0 amide bonds. The first kappa shape index (κ1) is 24.0. The Balaban J connectivity index is 2.65. The molecule has 0 aliphatic carbocycles. The van der Waals surface area contributed by atoms with Gasteiger partial charge in [-0.3, -0.25) is 0 Å². The number of carbonyl (C=O) groups is 2. The summed E-state index contributed by atoms with van der Waals surface area (Å²) in [7, 11) is 3.07. The van der Waals surface area contributed by atoms with Crippen molar-refractivity contribution in [1.29, 1.82) is 0 Å². The molecule has 0 fully saturated rings. The molecule has 1 aromatic carbocycles. The topological polar surface area (TPSA) is 83.1 Å². The summed E-state index contributed by atoms with van der Waals surface area (Å²) in [6, 6.07) is 5.45. The zero-order valence-corrected chi connectivity index (χ0v) is 19.7. The van der Waals surface area contributed by atoms with Crippen LogP contribution in [-0.4, -0.2) is 45.5 Å². The highest BCUT2D eigenvalue weighted by Crippen LogP contribution is 2.43. The van der Waals surface area contributed by atoms with Gasteiger partial charge in [-0.05, 0) is 45.9 Å². The van der Waals surface area contributed by atoms with Crippen LogP contribution in [0.3, 0.4) is 0 Å². The van der Waals surface area contributed by atoms with Gasteiger partial charge in [0.15, 0.2) is 0 Å². The molecule has 0 aromatic heterocycles. The number of hydrogen-bond donors (Lipinski definition) is 1. The quantitative estimate of drug-likeness (QED) is 0.446. The molecule has 1 N–H and O–H groups in total. The third-order valence-corrected chi connectivity index (χ3v) is 5.06. The second-order valence-electron chi connectivity index (χ2n) is 7.10. The third-order valence-electron chi connectivity index (χ3n) is 4.57. The normalized spacial score (nSPS) is 16.5. The number of allylic oxidation sites excluding steroid dienone is 2. The molecule has 164 valence electrons. The average Bonchev–Trinajstić information content (AvgIpc) is 2.66. The lowest BCUT2D eigenvalue weighted by Crippen LogP contribution is -2.33. The number of esters is 2. The molecule has 1 heterocycles. The summed E-state index contributed by atoms with van der Waals surface area (Å²) in [5.74, 6) is -1.22. The number of methoxy groups -OCH3 is 2. The van der Waals surface area contributed by atoms with E-state index < -0.39 is 17.9 Å². The van der Waals surface area contributed by atoms with Crippen molar-refractivity contribution in [2.75, 3.05) is 27.4 Å². The number of hydrogen-bond acceptors (Lipinski definition) is 7. The van der Waals surface area contributed by atoms with Crippen molar-refractivity contribution in [3.63, 3.8) is 0 Å². The Morgan fingerprint density at radius 3 is 2.27 bits per heavy atom. The van der Waals surface area contributed by atoms with Crippen molar-refractivity contribution >= 4 is 27.9 Å². The predicted molar refractivity (Wildman–Crippen MR) is 116 cm³/mol. The standard InChI is InChI=1S/C22H28BrNO6/c1-12(2)30-22(26)19-14(4)24-13(3)18(21(25)29-10-9-27-5)20(19)16-11-15(23)7-8-17(16)28-6/h7-8,11-12,20,24H,9-10H2,1-6H3. The van der Waals surface area contributed by atoms with Crippen molar-refractivity contribution in [1.82, 2.24) is 5.32 Å². The Morgan fingerprint density at radius 2 is 1.70 bits per heavy atom. The van der Waals surface area contributed by atoms with Crippen molar-refractivity contribution in [3.05, 3.63) is 50.8 Å². The number of carbonyl (C=O) groups excluding carboxylic acids is 2. The Hall–Kier alpha value is -2.32. The summed E-state index contributed by atoms with van der Waals surface area (Å²) in [6.07, 6.45) is -0.313. The fraction of sp³-hybridized carbons (Fsp3) is 0.455. The molecule has 1 unspecified atom stereocenters. The summed E-state index contributed by atoms with van der Waals surface area (Å²) >= 11 is 3.48. The molecular weight excluding hydrogens is 454 g/mol. The van der Waals surface area contributed by atoms with Gasteiger partial charge in [-0.2, -0.15) is 0 Å². The van der Waals surface area contributed by atoms with Crippen LogP contribution in [0.1, 0.15) is 39.2 Å². The molecule has 7 nitrogen and oxygen atoms in total. The Labute approximate surface area is 185 Å². The number of dihydropyridines is 1. The first-order valence-corrected chi connectivity index (χ1v) is 10.4. The minimum atomic E-state index is -0.722. The second kappa shape index (κ2) is 10.6. The number of halogens is 1. The van der Waals surface area contributed by atoms with E-state index in [1.807, 2.05) is 12.1 Å². The van der Waals surface area contributed by atoms with Gasteiger partial charge in [0.1, 0.15) is 12.4 Å². The number of benzene rings is 1. The van der Waals surface area contributed by atoms with Crippen LogP contribution in [0.5, 0.6) is 5.75 Å². The minimum absolute atomic E-state index is 0.100. The Bertz CT molecular complexity index is 874. The van der Waals surface area contributed by atoms with E-state index in [4.69, 9.17) is 18.9 Å². The monoisotopic (exact) mass is 481 g/mol. The Kier molecular flexibility index (Phi) is 8.49. The maximum absolute atomic E-state index is 13.1. The summed E-state index contributed by atoms with van der Waals surface area (Å²) in [6.45, 7) is 7.49. The molecule has 8 heteroatoms. The number of ether oxygens (including phenoxy) is 4. The lowest BCUT2D eigenvalue weighted by Gasteiger charge is -2.31. The molecule has 0 saturated heterocycles. The summed E-state index contributed by atoms with van der Waals surface area (Å²) in [5, 5.41) is 3.13. The summed E-state index contributed by atoms with van der Waals surface area (Å²) in [5.41, 5.74) is 2.52. The maximum atomic E-state index is 13.1. The lowest BCUT2D eigenvalue weighted by molar-refractivity contribution is -0.143. The highest BCUT2D eigenvalue weighted by atomic mass is 79.9. The molecular formula is C22H28BrNO6. The summed E-state index contributed by atoms with van der Waals surface area (Å²) < 4.78 is 22.2. The van der Waals surface area contributed by atoms with Gasteiger partial charge in [0.05, 0.1) is 36.9 Å². The minimum Gasteiger partial charge on any atom is -0.496 e. The molecule has 0 saturated carbocycles. The van der Waals surface area contributed by atoms with Crippen LogP contribution >= 0.6 is 15.9 Å². The maximum Gasteiger partial charge on any atom is 0.337 e. The van der Waals surface area contributed by atoms with Crippen LogP contribution in [0.25, 0.3) is 0 Å². The van der Waals surface area contributed by atoms with E-state index in [2.05, 4.69) is 21.2 Å². The van der Waals surface area contributed by atoms with E-state index in [0.717, 1.165) is 4.47 Å². The largest absolute Gasteiger partial charge is 0.496 e. The van der Waals surface area contributed by atoms with Crippen molar-refractivity contribution < 1.29 is 28.5 Å². The smallest absolute Gasteiger partial charge is 0.337 e. The van der Waals surface area contributed by atoms with Gasteiger partial charge in [0.2, 0.25) is 0 Å². The number of rotatable bonds is 8. The SMILES string of the molecule is COCCOC(=O)C1=C(C)NC(C)=C(C(=O)OC(C)C)C1c1cc(Br)ccc1OC. The fourth-order valence-corrected chi connectivity index (χ4v) is 3.73. The van der Waals surface area contributed by atoms with Crippen molar-refractivity contribution in [2.24, 2.45) is 0 Å². The molecule has 0 radical (unpaired) electrons. The van der Waals surface area contributed by atoms with Crippen LogP contribution in [0.2, 0.25) is 0 Å². The van der Waals surface area contributed by atoms with Gasteiger partial charge < -0.3 is 24.3 Å². The van der Waals surface area contributed by atoms with Crippen LogP contribution < -0.4 is 10.1 Å². The second-order valence-corrected chi connectivity index (χ2v) is 8.02. The average molecular weight is 482 g/mol. The molecule has 1 atom stereocenters. The van der Waals surface area contributed by atoms with Gasteiger partial charge in [0, 0.05) is 28.5 Å². The van der Waals surface area contributed by atoms with E-state index >= 15 is 0 Å². The zero-order chi connectivity index (χ0) is 22.4. The molecule has 0 spiro atoms. The van der Waals surface area contributed by atoms with Crippen LogP contribution in [0.4, 0.5) is 0 Å². The zero-order valence-electron chi connectivity index (χ0n) is 18.1. The first-order valence-electron chi connectivity index (χ1n) is 9.60. The van der Waals surface area contributed by atoms with Crippen LogP contribution in [0, 0.1) is 0 Å². The highest BCUT2D eigenvalue weighted by Gasteiger charge is 2.39. The Morgan fingerprint density at radius 1 is 1.07 bits per heavy atom. The summed E-state index contributed by atoms with van der Waals surface area (Å²) in [4.78, 5) is 26.1. The highest BCUT2D eigenvalue weighted by molar-refractivity contribution is 9.10. The molecule has 2 rings (SSSR count). The van der Waals surface area contributed by atoms with Crippen LogP contribution in [-0.2, 0) is 23.8 Å². The molecule has 30 heavy (non-hydrogen) atoms. The predicted octanol–water partition coefficient (Wildman–Crippen LogP) is 3.83. The number of nitrogens with one attached hydrogen (secondary N) is 1. The fourth-order valence-electron chi connectivity index (χ4n) is 3.35. The van der Waals surface area contributed by atoms with Gasteiger partial charge >= 0.3 is 11.9 Å². The van der Waals surface area contributed by atoms with E-state index in [1.165, 1.54) is 7.11 Å². The van der Waals surface area contributed by atoms with Crippen molar-refractivity contribution in [2.45, 2.75) is 39.7 Å². The first-order chi connectivity index (χ1) is 14.2. The molecule has 0 bridgehead atoms. The van der Waals surface area contributed by atoms with Gasteiger partial charge in [0.25, 0.3) is 0 Å². The van der Waals surface area contributed by atoms with Gasteiger partial charge in [-0.1, -0.05) is 15.9 Å². The van der Waals surface area contributed by atoms with E-state index in [0.29, 0.717) is 33.9 Å². The van der Waals surface area contributed by atoms with Gasteiger partial charge in [-0.25, -0.2) is 9.59 Å². The van der Waals surface area contributed by atoms with E-state index in [1.54, 1.807) is 40.9 Å². The third kappa shape index (κ3) is 5.43. The van der Waals surface area contributed by atoms with Crippen LogP contribution in [0.15, 0.2) is 45.2 Å². The molecule has 1 aromatic rings. The van der Waals surface area contributed by atoms with Crippen molar-refractivity contribution in [3.8, 4) is 5.75 Å². The van der Waals surface area contributed by atoms with E-state index in [9.17, 15) is 9.59 Å². The van der Waals surface area contributed by atoms with Gasteiger partial charge in [-0.15, -0.1) is 0 Å². The van der Waals surface area contributed by atoms with E-state index in [-0.39, 0.29) is 19.3 Å². The lowest BCUT2D eigenvalue weighted by atomic mass is 9.80. The molecule has 1 aliphatic heterocycles. The molecule has 1 aliphatic rings.